The number of rotatable bonds is 6. The zero-order valence-corrected chi connectivity index (χ0v) is 14.6. The standard InChI is InChI=1S/C17H27NO3S/c1-13(2)12-21-17-10-14(3)4-5-15(17)11-18-16-6-8-22(19,20)9-7-16/h4-5,10,13,16,18H,6-9,11-12H2,1-3H3. The summed E-state index contributed by atoms with van der Waals surface area (Å²) in [5.74, 6) is 2.03. The van der Waals surface area contributed by atoms with Crippen molar-refractivity contribution in [2.45, 2.75) is 46.2 Å². The number of nitrogens with one attached hydrogen (secondary N) is 1. The third kappa shape index (κ3) is 5.29. The van der Waals surface area contributed by atoms with Gasteiger partial charge in [-0.1, -0.05) is 26.0 Å². The van der Waals surface area contributed by atoms with Gasteiger partial charge in [0.1, 0.15) is 15.6 Å². The third-order valence-electron chi connectivity index (χ3n) is 3.93. The van der Waals surface area contributed by atoms with E-state index in [0.29, 0.717) is 36.9 Å². The Morgan fingerprint density at radius 3 is 2.59 bits per heavy atom. The van der Waals surface area contributed by atoms with Crippen LogP contribution < -0.4 is 10.1 Å². The molecular formula is C17H27NO3S. The van der Waals surface area contributed by atoms with Crippen molar-refractivity contribution < 1.29 is 13.2 Å². The topological polar surface area (TPSA) is 55.4 Å². The number of ether oxygens (including phenoxy) is 1. The molecule has 0 aromatic heterocycles. The number of sulfone groups is 1. The van der Waals surface area contributed by atoms with Gasteiger partial charge >= 0.3 is 0 Å². The van der Waals surface area contributed by atoms with E-state index in [2.05, 4.69) is 44.3 Å². The Labute approximate surface area is 134 Å². The molecule has 1 aliphatic rings. The molecule has 1 saturated heterocycles. The summed E-state index contributed by atoms with van der Waals surface area (Å²) in [6.07, 6.45) is 1.41. The van der Waals surface area contributed by atoms with Gasteiger partial charge in [0.05, 0.1) is 18.1 Å². The van der Waals surface area contributed by atoms with E-state index in [-0.39, 0.29) is 6.04 Å². The zero-order chi connectivity index (χ0) is 16.2. The first-order valence-corrected chi connectivity index (χ1v) is 9.84. The van der Waals surface area contributed by atoms with E-state index in [1.807, 2.05) is 0 Å². The van der Waals surface area contributed by atoms with Crippen molar-refractivity contribution in [3.63, 3.8) is 0 Å². The summed E-state index contributed by atoms with van der Waals surface area (Å²) in [6.45, 7) is 7.76. The summed E-state index contributed by atoms with van der Waals surface area (Å²) >= 11 is 0. The molecule has 1 aromatic carbocycles. The van der Waals surface area contributed by atoms with E-state index in [0.717, 1.165) is 17.9 Å². The molecule has 0 bridgehead atoms. The van der Waals surface area contributed by atoms with E-state index in [4.69, 9.17) is 4.74 Å². The Kier molecular flexibility index (Phi) is 5.87. The number of hydrogen-bond donors (Lipinski definition) is 1. The van der Waals surface area contributed by atoms with E-state index in [1.165, 1.54) is 5.56 Å². The predicted molar refractivity (Wildman–Crippen MR) is 90.0 cm³/mol. The first-order valence-electron chi connectivity index (χ1n) is 8.02. The van der Waals surface area contributed by atoms with Crippen LogP contribution in [-0.4, -0.2) is 32.6 Å². The van der Waals surface area contributed by atoms with Crippen LogP contribution in [0.4, 0.5) is 0 Å². The lowest BCUT2D eigenvalue weighted by molar-refractivity contribution is 0.267. The maximum absolute atomic E-state index is 11.5. The molecule has 5 heteroatoms. The molecule has 0 aliphatic carbocycles. The average Bonchev–Trinajstić information content (AvgIpc) is 2.45. The molecule has 0 amide bonds. The summed E-state index contributed by atoms with van der Waals surface area (Å²) in [6, 6.07) is 6.54. The SMILES string of the molecule is Cc1ccc(CNC2CCS(=O)(=O)CC2)c(OCC(C)C)c1. The summed E-state index contributed by atoms with van der Waals surface area (Å²) in [7, 11) is -2.80. The van der Waals surface area contributed by atoms with Gasteiger partial charge < -0.3 is 10.1 Å². The van der Waals surface area contributed by atoms with Crippen LogP contribution in [0.25, 0.3) is 0 Å². The van der Waals surface area contributed by atoms with Crippen LogP contribution in [0.3, 0.4) is 0 Å². The molecule has 1 fully saturated rings. The number of hydrogen-bond acceptors (Lipinski definition) is 4. The molecule has 2 rings (SSSR count). The second-order valence-corrected chi connectivity index (χ2v) is 8.93. The first-order chi connectivity index (χ1) is 10.4. The lowest BCUT2D eigenvalue weighted by Crippen LogP contribution is -2.37. The Bertz CT molecular complexity index is 582. The highest BCUT2D eigenvalue weighted by Gasteiger charge is 2.23. The number of aryl methyl sites for hydroxylation is 1. The van der Waals surface area contributed by atoms with Gasteiger partial charge in [-0.05, 0) is 37.3 Å². The zero-order valence-electron chi connectivity index (χ0n) is 13.8. The van der Waals surface area contributed by atoms with Crippen LogP contribution in [-0.2, 0) is 16.4 Å². The summed E-state index contributed by atoms with van der Waals surface area (Å²) in [5.41, 5.74) is 2.32. The molecule has 0 radical (unpaired) electrons. The molecule has 4 nitrogen and oxygen atoms in total. The van der Waals surface area contributed by atoms with Gasteiger partial charge in [0.2, 0.25) is 0 Å². The van der Waals surface area contributed by atoms with E-state index in [9.17, 15) is 8.42 Å². The fourth-order valence-corrected chi connectivity index (χ4v) is 4.04. The lowest BCUT2D eigenvalue weighted by atomic mass is 10.1. The third-order valence-corrected chi connectivity index (χ3v) is 5.65. The fraction of sp³-hybridized carbons (Fsp3) is 0.647. The predicted octanol–water partition coefficient (Wildman–Crippen LogP) is 2.70. The maximum atomic E-state index is 11.5. The van der Waals surface area contributed by atoms with Crippen molar-refractivity contribution in [3.8, 4) is 5.75 Å². The molecule has 0 atom stereocenters. The Morgan fingerprint density at radius 1 is 1.27 bits per heavy atom. The minimum absolute atomic E-state index is 0.280. The quantitative estimate of drug-likeness (QED) is 0.874. The van der Waals surface area contributed by atoms with Gasteiger partial charge in [0.25, 0.3) is 0 Å². The van der Waals surface area contributed by atoms with Gasteiger partial charge in [0.15, 0.2) is 0 Å². The molecule has 1 N–H and O–H groups in total. The van der Waals surface area contributed by atoms with Gasteiger partial charge in [-0.15, -0.1) is 0 Å². The fourth-order valence-electron chi connectivity index (χ4n) is 2.55. The van der Waals surface area contributed by atoms with E-state index < -0.39 is 9.84 Å². The molecule has 1 heterocycles. The molecule has 0 unspecified atom stereocenters. The smallest absolute Gasteiger partial charge is 0.150 e. The maximum Gasteiger partial charge on any atom is 0.150 e. The van der Waals surface area contributed by atoms with Crippen molar-refractivity contribution in [3.05, 3.63) is 29.3 Å². The minimum atomic E-state index is -2.80. The molecule has 1 aliphatic heterocycles. The molecule has 124 valence electrons. The Balaban J connectivity index is 1.94. The van der Waals surface area contributed by atoms with Gasteiger partial charge in [0, 0.05) is 18.2 Å². The molecule has 22 heavy (non-hydrogen) atoms. The minimum Gasteiger partial charge on any atom is -0.493 e. The van der Waals surface area contributed by atoms with E-state index in [1.54, 1.807) is 0 Å². The largest absolute Gasteiger partial charge is 0.493 e. The van der Waals surface area contributed by atoms with Crippen LogP contribution >= 0.6 is 0 Å². The highest BCUT2D eigenvalue weighted by molar-refractivity contribution is 7.91. The Hall–Kier alpha value is -1.07. The summed E-state index contributed by atoms with van der Waals surface area (Å²) < 4.78 is 28.8. The van der Waals surface area contributed by atoms with Crippen molar-refractivity contribution in [1.82, 2.24) is 5.32 Å². The molecule has 0 spiro atoms. The van der Waals surface area contributed by atoms with Crippen LogP contribution in [0.15, 0.2) is 18.2 Å². The summed E-state index contributed by atoms with van der Waals surface area (Å²) in [4.78, 5) is 0. The Morgan fingerprint density at radius 2 is 1.95 bits per heavy atom. The van der Waals surface area contributed by atoms with Crippen LogP contribution in [0.5, 0.6) is 5.75 Å². The molecule has 0 saturated carbocycles. The van der Waals surface area contributed by atoms with Crippen LogP contribution in [0.1, 0.15) is 37.8 Å². The highest BCUT2D eigenvalue weighted by Crippen LogP contribution is 2.22. The monoisotopic (exact) mass is 325 g/mol. The van der Waals surface area contributed by atoms with Gasteiger partial charge in [-0.2, -0.15) is 0 Å². The molecule has 1 aromatic rings. The van der Waals surface area contributed by atoms with Crippen molar-refractivity contribution in [2.24, 2.45) is 5.92 Å². The van der Waals surface area contributed by atoms with Crippen LogP contribution in [0, 0.1) is 12.8 Å². The second-order valence-electron chi connectivity index (χ2n) is 6.62. The lowest BCUT2D eigenvalue weighted by Gasteiger charge is -2.24. The van der Waals surface area contributed by atoms with Gasteiger partial charge in [-0.3, -0.25) is 0 Å². The normalized spacial score (nSPS) is 18.5. The second kappa shape index (κ2) is 7.47. The molecular weight excluding hydrogens is 298 g/mol. The van der Waals surface area contributed by atoms with Crippen molar-refractivity contribution >= 4 is 9.84 Å². The van der Waals surface area contributed by atoms with E-state index >= 15 is 0 Å². The highest BCUT2D eigenvalue weighted by atomic mass is 32.2. The first kappa shape index (κ1) is 17.3. The van der Waals surface area contributed by atoms with Crippen molar-refractivity contribution in [2.75, 3.05) is 18.1 Å². The van der Waals surface area contributed by atoms with Crippen molar-refractivity contribution in [1.29, 1.82) is 0 Å². The van der Waals surface area contributed by atoms with Crippen LogP contribution in [0.2, 0.25) is 0 Å². The summed E-state index contributed by atoms with van der Waals surface area (Å²) in [5, 5.41) is 3.48. The number of benzene rings is 1. The van der Waals surface area contributed by atoms with Gasteiger partial charge in [-0.25, -0.2) is 8.42 Å². The average molecular weight is 325 g/mol.